The molecule has 0 N–H and O–H groups in total. The molecule has 23 heavy (non-hydrogen) atoms. The summed E-state index contributed by atoms with van der Waals surface area (Å²) in [4.78, 5) is 29.1. The molecule has 0 atom stereocenters. The fourth-order valence-corrected chi connectivity index (χ4v) is 2.77. The minimum absolute atomic E-state index is 0.368. The number of hydrogen-bond donors (Lipinski definition) is 0. The van der Waals surface area contributed by atoms with E-state index in [4.69, 9.17) is 4.42 Å². The molecule has 0 aromatic carbocycles. The maximum Gasteiger partial charge on any atom is 0.422 e. The van der Waals surface area contributed by atoms with Crippen molar-refractivity contribution in [1.29, 1.82) is 0 Å². The standard InChI is InChI=1S/C15H16N6O2/c22-15-21(13-12(23-15)3-1-4-16-13)11-19-7-9-20(10-8-19)14-17-5-2-6-18-14/h1-6H,7-11H2. The van der Waals surface area contributed by atoms with Gasteiger partial charge in [-0.15, -0.1) is 0 Å². The quantitative estimate of drug-likeness (QED) is 0.699. The van der Waals surface area contributed by atoms with Crippen LogP contribution in [0.25, 0.3) is 11.2 Å². The summed E-state index contributed by atoms with van der Waals surface area (Å²) in [5, 5.41) is 0. The molecule has 118 valence electrons. The molecule has 0 unspecified atom stereocenters. The van der Waals surface area contributed by atoms with Gasteiger partial charge in [0.1, 0.15) is 0 Å². The fraction of sp³-hybridized carbons (Fsp3) is 0.333. The summed E-state index contributed by atoms with van der Waals surface area (Å²) in [6.07, 6.45) is 5.16. The first-order valence-corrected chi connectivity index (χ1v) is 7.50. The van der Waals surface area contributed by atoms with E-state index in [2.05, 4.69) is 24.8 Å². The summed E-state index contributed by atoms with van der Waals surface area (Å²) in [7, 11) is 0. The zero-order valence-corrected chi connectivity index (χ0v) is 12.5. The van der Waals surface area contributed by atoms with Gasteiger partial charge in [-0.1, -0.05) is 0 Å². The predicted octanol–water partition coefficient (Wildman–Crippen LogP) is 0.559. The summed E-state index contributed by atoms with van der Waals surface area (Å²) in [5.41, 5.74) is 1.11. The second-order valence-electron chi connectivity index (χ2n) is 5.42. The number of hydrogen-bond acceptors (Lipinski definition) is 7. The summed E-state index contributed by atoms with van der Waals surface area (Å²) < 4.78 is 6.79. The van der Waals surface area contributed by atoms with Crippen molar-refractivity contribution >= 4 is 17.2 Å². The topological polar surface area (TPSA) is 80.3 Å². The Labute approximate surface area is 132 Å². The molecular formula is C15H16N6O2. The highest BCUT2D eigenvalue weighted by molar-refractivity contribution is 5.67. The lowest BCUT2D eigenvalue weighted by Crippen LogP contribution is -2.48. The van der Waals surface area contributed by atoms with Crippen LogP contribution >= 0.6 is 0 Å². The zero-order valence-electron chi connectivity index (χ0n) is 12.5. The third-order valence-electron chi connectivity index (χ3n) is 3.97. The van der Waals surface area contributed by atoms with Crippen molar-refractivity contribution in [2.24, 2.45) is 0 Å². The Morgan fingerprint density at radius 1 is 1.00 bits per heavy atom. The molecule has 8 nitrogen and oxygen atoms in total. The van der Waals surface area contributed by atoms with Gasteiger partial charge >= 0.3 is 5.76 Å². The highest BCUT2D eigenvalue weighted by Crippen LogP contribution is 2.12. The van der Waals surface area contributed by atoms with Gasteiger partial charge in [0.25, 0.3) is 0 Å². The van der Waals surface area contributed by atoms with Crippen LogP contribution in [-0.2, 0) is 6.67 Å². The lowest BCUT2D eigenvalue weighted by molar-refractivity contribution is 0.201. The first kappa shape index (κ1) is 13.9. The molecule has 1 fully saturated rings. The van der Waals surface area contributed by atoms with Gasteiger partial charge in [0.2, 0.25) is 5.95 Å². The molecule has 0 saturated carbocycles. The van der Waals surface area contributed by atoms with E-state index in [1.54, 1.807) is 35.3 Å². The van der Waals surface area contributed by atoms with Crippen molar-refractivity contribution in [3.05, 3.63) is 47.3 Å². The summed E-state index contributed by atoms with van der Waals surface area (Å²) in [6, 6.07) is 5.32. The third-order valence-corrected chi connectivity index (χ3v) is 3.97. The SMILES string of the molecule is O=c1oc2cccnc2n1CN1CCN(c2ncccn2)CC1. The van der Waals surface area contributed by atoms with Crippen LogP contribution in [0.15, 0.2) is 46.0 Å². The lowest BCUT2D eigenvalue weighted by atomic mass is 10.3. The molecule has 1 saturated heterocycles. The van der Waals surface area contributed by atoms with Crippen molar-refractivity contribution < 1.29 is 4.42 Å². The largest absolute Gasteiger partial charge is 0.422 e. The van der Waals surface area contributed by atoms with Crippen LogP contribution in [0.5, 0.6) is 0 Å². The Morgan fingerprint density at radius 2 is 1.74 bits per heavy atom. The molecule has 3 aromatic rings. The zero-order chi connectivity index (χ0) is 15.6. The number of pyridine rings is 1. The van der Waals surface area contributed by atoms with E-state index >= 15 is 0 Å². The Bertz CT molecular complexity index is 851. The second kappa shape index (κ2) is 5.81. The fourth-order valence-electron chi connectivity index (χ4n) is 2.77. The number of fused-ring (bicyclic) bond motifs is 1. The Kier molecular flexibility index (Phi) is 3.51. The van der Waals surface area contributed by atoms with Crippen LogP contribution < -0.4 is 10.7 Å². The maximum atomic E-state index is 12.0. The molecule has 0 radical (unpaired) electrons. The number of aromatic nitrogens is 4. The van der Waals surface area contributed by atoms with Gasteiger partial charge in [-0.25, -0.2) is 24.3 Å². The highest BCUT2D eigenvalue weighted by Gasteiger charge is 2.20. The number of oxazole rings is 1. The van der Waals surface area contributed by atoms with Gasteiger partial charge in [-0.2, -0.15) is 0 Å². The normalized spacial score (nSPS) is 16.1. The van der Waals surface area contributed by atoms with Gasteiger partial charge in [0, 0.05) is 44.8 Å². The van der Waals surface area contributed by atoms with E-state index in [1.807, 2.05) is 6.07 Å². The number of piperazine rings is 1. The molecule has 0 bridgehead atoms. The molecule has 1 aliphatic heterocycles. The molecule has 0 amide bonds. The van der Waals surface area contributed by atoms with Crippen LogP contribution in [0.1, 0.15) is 0 Å². The van der Waals surface area contributed by atoms with E-state index in [9.17, 15) is 4.79 Å². The minimum atomic E-state index is -0.368. The van der Waals surface area contributed by atoms with Gasteiger partial charge in [-0.05, 0) is 18.2 Å². The van der Waals surface area contributed by atoms with Crippen LogP contribution in [0.2, 0.25) is 0 Å². The lowest BCUT2D eigenvalue weighted by Gasteiger charge is -2.34. The number of rotatable bonds is 3. The van der Waals surface area contributed by atoms with Crippen molar-refractivity contribution in [3.63, 3.8) is 0 Å². The smallest absolute Gasteiger partial charge is 0.406 e. The summed E-state index contributed by atoms with van der Waals surface area (Å²) >= 11 is 0. The average molecular weight is 312 g/mol. The molecule has 0 spiro atoms. The first-order valence-electron chi connectivity index (χ1n) is 7.50. The van der Waals surface area contributed by atoms with Crippen LogP contribution in [0, 0.1) is 0 Å². The molecular weight excluding hydrogens is 296 g/mol. The number of anilines is 1. The first-order chi connectivity index (χ1) is 11.3. The Balaban J connectivity index is 1.47. The van der Waals surface area contributed by atoms with Gasteiger partial charge in [-0.3, -0.25) is 4.90 Å². The van der Waals surface area contributed by atoms with Crippen LogP contribution in [0.4, 0.5) is 5.95 Å². The average Bonchev–Trinajstić information content (AvgIpc) is 2.92. The van der Waals surface area contributed by atoms with Crippen molar-refractivity contribution in [2.45, 2.75) is 6.67 Å². The van der Waals surface area contributed by atoms with Crippen LogP contribution in [0.3, 0.4) is 0 Å². The summed E-state index contributed by atoms with van der Waals surface area (Å²) in [6.45, 7) is 3.77. The molecule has 4 rings (SSSR count). The second-order valence-corrected chi connectivity index (χ2v) is 5.42. The molecule has 8 heteroatoms. The van der Waals surface area contributed by atoms with E-state index in [0.717, 1.165) is 32.1 Å². The Morgan fingerprint density at radius 3 is 2.52 bits per heavy atom. The van der Waals surface area contributed by atoms with E-state index in [1.165, 1.54) is 0 Å². The minimum Gasteiger partial charge on any atom is -0.406 e. The van der Waals surface area contributed by atoms with Crippen molar-refractivity contribution in [1.82, 2.24) is 24.4 Å². The molecule has 0 aliphatic carbocycles. The molecule has 1 aliphatic rings. The van der Waals surface area contributed by atoms with E-state index in [0.29, 0.717) is 17.9 Å². The predicted molar refractivity (Wildman–Crippen MR) is 84.1 cm³/mol. The maximum absolute atomic E-state index is 12.0. The van der Waals surface area contributed by atoms with Gasteiger partial charge in [0.05, 0.1) is 6.67 Å². The third kappa shape index (κ3) is 2.68. The van der Waals surface area contributed by atoms with Gasteiger partial charge in [0.15, 0.2) is 11.2 Å². The van der Waals surface area contributed by atoms with Crippen LogP contribution in [-0.4, -0.2) is 50.6 Å². The molecule has 3 aromatic heterocycles. The van der Waals surface area contributed by atoms with E-state index < -0.39 is 0 Å². The molecule has 4 heterocycles. The van der Waals surface area contributed by atoms with Crippen molar-refractivity contribution in [2.75, 3.05) is 31.1 Å². The van der Waals surface area contributed by atoms with Crippen molar-refractivity contribution in [3.8, 4) is 0 Å². The van der Waals surface area contributed by atoms with E-state index in [-0.39, 0.29) is 5.76 Å². The summed E-state index contributed by atoms with van der Waals surface area (Å²) in [5.74, 6) is 0.382. The monoisotopic (exact) mass is 312 g/mol. The van der Waals surface area contributed by atoms with Gasteiger partial charge < -0.3 is 9.32 Å². The Hall–Kier alpha value is -2.74. The highest BCUT2D eigenvalue weighted by atomic mass is 16.4. The number of nitrogens with zero attached hydrogens (tertiary/aromatic N) is 6.